The van der Waals surface area contributed by atoms with Gasteiger partial charge >= 0.3 is 0 Å². The van der Waals surface area contributed by atoms with Crippen molar-refractivity contribution < 1.29 is 5.11 Å². The van der Waals surface area contributed by atoms with Crippen molar-refractivity contribution in [2.45, 2.75) is 45.1 Å². The minimum absolute atomic E-state index is 0.0929. The average Bonchev–Trinajstić information content (AvgIpc) is 2.89. The Hall–Kier alpha value is -1.65. The van der Waals surface area contributed by atoms with E-state index in [9.17, 15) is 5.11 Å². The Kier molecular flexibility index (Phi) is 4.60. The number of fused-ring (bicyclic) bond motifs is 1. The van der Waals surface area contributed by atoms with Gasteiger partial charge in [0.1, 0.15) is 0 Å². The van der Waals surface area contributed by atoms with Crippen molar-refractivity contribution in [1.29, 1.82) is 0 Å². The van der Waals surface area contributed by atoms with Crippen molar-refractivity contribution in [3.05, 3.63) is 52.3 Å². The lowest BCUT2D eigenvalue weighted by molar-refractivity contribution is 0.266. The summed E-state index contributed by atoms with van der Waals surface area (Å²) in [6, 6.07) is 8.91. The van der Waals surface area contributed by atoms with Crippen LogP contribution in [0.1, 0.15) is 46.8 Å². The summed E-state index contributed by atoms with van der Waals surface area (Å²) in [6.07, 6.45) is 4.96. The Labute approximate surface area is 132 Å². The fraction of sp³-hybridized carbons (Fsp3) is 0.500. The zero-order valence-electron chi connectivity index (χ0n) is 13.3. The number of aromatic nitrogens is 2. The lowest BCUT2D eigenvalue weighted by Crippen LogP contribution is -2.20. The molecule has 4 nitrogen and oxygen atoms in total. The zero-order chi connectivity index (χ0) is 15.5. The summed E-state index contributed by atoms with van der Waals surface area (Å²) in [5.74, 6) is 0.139. The molecule has 1 heterocycles. The predicted molar refractivity (Wildman–Crippen MR) is 88.0 cm³/mol. The summed E-state index contributed by atoms with van der Waals surface area (Å²) in [5, 5.41) is 13.7. The molecule has 3 N–H and O–H groups in total. The summed E-state index contributed by atoms with van der Waals surface area (Å²) in [5.41, 5.74) is 12.4. The van der Waals surface area contributed by atoms with Crippen molar-refractivity contribution in [2.24, 2.45) is 5.73 Å². The van der Waals surface area contributed by atoms with Gasteiger partial charge in [-0.15, -0.1) is 0 Å². The quantitative estimate of drug-likeness (QED) is 0.889. The molecule has 1 aliphatic carbocycles. The molecule has 1 aromatic heterocycles. The van der Waals surface area contributed by atoms with Crippen molar-refractivity contribution in [3.63, 3.8) is 0 Å². The molecule has 0 saturated heterocycles. The summed E-state index contributed by atoms with van der Waals surface area (Å²) < 4.78 is 1.90. The first-order valence-corrected chi connectivity index (χ1v) is 8.20. The molecule has 0 spiro atoms. The SMILES string of the molecule is Cc1cc(C(CN)c2ccc3c(c2)CCCC3)n(CCO)n1. The number of aliphatic hydroxyl groups is 1. The highest BCUT2D eigenvalue weighted by atomic mass is 16.3. The van der Waals surface area contributed by atoms with E-state index in [1.54, 1.807) is 0 Å². The van der Waals surface area contributed by atoms with Gasteiger partial charge in [-0.25, -0.2) is 0 Å². The van der Waals surface area contributed by atoms with Crippen molar-refractivity contribution in [2.75, 3.05) is 13.2 Å². The fourth-order valence-electron chi connectivity index (χ4n) is 3.52. The van der Waals surface area contributed by atoms with E-state index in [0.717, 1.165) is 11.4 Å². The van der Waals surface area contributed by atoms with Gasteiger partial charge in [0, 0.05) is 18.2 Å². The highest BCUT2D eigenvalue weighted by molar-refractivity contribution is 5.39. The molecule has 0 radical (unpaired) electrons. The van der Waals surface area contributed by atoms with E-state index in [4.69, 9.17) is 5.73 Å². The summed E-state index contributed by atoms with van der Waals surface area (Å²) in [7, 11) is 0. The minimum atomic E-state index is 0.0929. The maximum Gasteiger partial charge on any atom is 0.0644 e. The molecule has 118 valence electrons. The number of hydrogen-bond acceptors (Lipinski definition) is 3. The average molecular weight is 299 g/mol. The molecule has 4 heteroatoms. The van der Waals surface area contributed by atoms with E-state index in [-0.39, 0.29) is 12.5 Å². The summed E-state index contributed by atoms with van der Waals surface area (Å²) in [4.78, 5) is 0. The normalized spacial score (nSPS) is 15.6. The van der Waals surface area contributed by atoms with Crippen LogP contribution in [0.25, 0.3) is 0 Å². The molecule has 0 bridgehead atoms. The molecule has 1 aromatic carbocycles. The van der Waals surface area contributed by atoms with Crippen LogP contribution < -0.4 is 5.73 Å². The second-order valence-electron chi connectivity index (χ2n) is 6.18. The largest absolute Gasteiger partial charge is 0.394 e. The van der Waals surface area contributed by atoms with Gasteiger partial charge in [-0.2, -0.15) is 5.10 Å². The van der Waals surface area contributed by atoms with Crippen LogP contribution >= 0.6 is 0 Å². The number of nitrogens with zero attached hydrogens (tertiary/aromatic N) is 2. The molecule has 1 aliphatic rings. The first-order chi connectivity index (χ1) is 10.7. The van der Waals surface area contributed by atoms with E-state index >= 15 is 0 Å². The van der Waals surface area contributed by atoms with Gasteiger partial charge < -0.3 is 10.8 Å². The number of aryl methyl sites for hydroxylation is 3. The van der Waals surface area contributed by atoms with Gasteiger partial charge in [0.05, 0.1) is 18.8 Å². The van der Waals surface area contributed by atoms with Crippen LogP contribution in [-0.4, -0.2) is 28.0 Å². The van der Waals surface area contributed by atoms with Crippen molar-refractivity contribution in [1.82, 2.24) is 9.78 Å². The van der Waals surface area contributed by atoms with E-state index in [0.29, 0.717) is 13.1 Å². The van der Waals surface area contributed by atoms with Gasteiger partial charge in [0.15, 0.2) is 0 Å². The third-order valence-electron chi connectivity index (χ3n) is 4.61. The fourth-order valence-corrected chi connectivity index (χ4v) is 3.52. The van der Waals surface area contributed by atoms with Crippen LogP contribution in [-0.2, 0) is 19.4 Å². The maximum absolute atomic E-state index is 9.24. The van der Waals surface area contributed by atoms with Crippen LogP contribution in [0.15, 0.2) is 24.3 Å². The van der Waals surface area contributed by atoms with Crippen LogP contribution in [0.4, 0.5) is 0 Å². The Bertz CT molecular complexity index is 648. The Morgan fingerprint density at radius 2 is 2.00 bits per heavy atom. The van der Waals surface area contributed by atoms with Gasteiger partial charge in [-0.05, 0) is 55.4 Å². The zero-order valence-corrected chi connectivity index (χ0v) is 13.3. The molecule has 3 rings (SSSR count). The summed E-state index contributed by atoms with van der Waals surface area (Å²) in [6.45, 7) is 3.15. The third kappa shape index (κ3) is 2.94. The Morgan fingerprint density at radius 1 is 1.23 bits per heavy atom. The van der Waals surface area contributed by atoms with E-state index in [1.165, 1.54) is 42.4 Å². The van der Waals surface area contributed by atoms with Crippen molar-refractivity contribution >= 4 is 0 Å². The lowest BCUT2D eigenvalue weighted by atomic mass is 9.86. The predicted octanol–water partition coefficient (Wildman–Crippen LogP) is 2.15. The van der Waals surface area contributed by atoms with E-state index in [1.807, 2.05) is 11.6 Å². The molecule has 22 heavy (non-hydrogen) atoms. The smallest absolute Gasteiger partial charge is 0.0644 e. The highest BCUT2D eigenvalue weighted by Crippen LogP contribution is 2.29. The highest BCUT2D eigenvalue weighted by Gasteiger charge is 2.20. The molecular formula is C18H25N3O. The Balaban J connectivity index is 1.97. The lowest BCUT2D eigenvalue weighted by Gasteiger charge is -2.21. The first-order valence-electron chi connectivity index (χ1n) is 8.20. The van der Waals surface area contributed by atoms with Crippen LogP contribution in [0.2, 0.25) is 0 Å². The second-order valence-corrected chi connectivity index (χ2v) is 6.18. The second kappa shape index (κ2) is 6.63. The van der Waals surface area contributed by atoms with Crippen LogP contribution in [0.3, 0.4) is 0 Å². The number of benzene rings is 1. The molecular weight excluding hydrogens is 274 g/mol. The topological polar surface area (TPSA) is 64.1 Å². The molecule has 0 fully saturated rings. The standard InChI is InChI=1S/C18H25N3O/c1-13-10-18(21(20-13)8-9-22)17(12-19)16-7-6-14-4-2-3-5-15(14)11-16/h6-7,10-11,17,22H,2-5,8-9,12,19H2,1H3. The molecule has 0 amide bonds. The van der Waals surface area contributed by atoms with Gasteiger partial charge in [0.2, 0.25) is 0 Å². The number of aliphatic hydroxyl groups excluding tert-OH is 1. The van der Waals surface area contributed by atoms with Crippen LogP contribution in [0.5, 0.6) is 0 Å². The molecule has 0 aliphatic heterocycles. The molecule has 1 atom stereocenters. The first kappa shape index (κ1) is 15.3. The summed E-state index contributed by atoms with van der Waals surface area (Å²) >= 11 is 0. The van der Waals surface area contributed by atoms with Crippen molar-refractivity contribution in [3.8, 4) is 0 Å². The monoisotopic (exact) mass is 299 g/mol. The molecule has 1 unspecified atom stereocenters. The van der Waals surface area contributed by atoms with Gasteiger partial charge in [-0.3, -0.25) is 4.68 Å². The number of nitrogens with two attached hydrogens (primary N) is 1. The maximum atomic E-state index is 9.24. The number of hydrogen-bond donors (Lipinski definition) is 2. The Morgan fingerprint density at radius 3 is 2.73 bits per heavy atom. The van der Waals surface area contributed by atoms with Gasteiger partial charge in [0.25, 0.3) is 0 Å². The van der Waals surface area contributed by atoms with Gasteiger partial charge in [-0.1, -0.05) is 18.2 Å². The van der Waals surface area contributed by atoms with E-state index < -0.39 is 0 Å². The third-order valence-corrected chi connectivity index (χ3v) is 4.61. The minimum Gasteiger partial charge on any atom is -0.394 e. The number of rotatable bonds is 5. The van der Waals surface area contributed by atoms with Crippen LogP contribution in [0, 0.1) is 6.92 Å². The van der Waals surface area contributed by atoms with E-state index in [2.05, 4.69) is 29.4 Å². The molecule has 2 aromatic rings. The molecule has 0 saturated carbocycles.